The van der Waals surface area contributed by atoms with E-state index in [1.54, 1.807) is 6.21 Å². The van der Waals surface area contributed by atoms with Gasteiger partial charge < -0.3 is 19.3 Å². The summed E-state index contributed by atoms with van der Waals surface area (Å²) in [5.41, 5.74) is 3.92. The molecule has 0 unspecified atom stereocenters. The number of piperidine rings is 2. The minimum absolute atomic E-state index is 0.471. The first-order chi connectivity index (χ1) is 16.3. The summed E-state index contributed by atoms with van der Waals surface area (Å²) in [4.78, 5) is 18.7. The highest BCUT2D eigenvalue weighted by Gasteiger charge is 2.20. The number of aromatic nitrogens is 3. The second-order valence-corrected chi connectivity index (χ2v) is 8.30. The molecule has 0 radical (unpaired) electrons. The molecule has 1 aromatic heterocycles. The Bertz CT molecular complexity index is 889. The molecule has 4 rings (SSSR count). The van der Waals surface area contributed by atoms with E-state index < -0.39 is 0 Å². The van der Waals surface area contributed by atoms with Gasteiger partial charge in [0.25, 0.3) is 0 Å². The molecule has 2 fully saturated rings. The largest absolute Gasteiger partial charge is 0.490 e. The van der Waals surface area contributed by atoms with E-state index in [0.717, 1.165) is 49.4 Å². The maximum absolute atomic E-state index is 5.71. The number of hydrogen-bond donors (Lipinski definition) is 1. The number of hydrazone groups is 1. The summed E-state index contributed by atoms with van der Waals surface area (Å²) in [6.07, 6.45) is 8.96. The molecule has 0 bridgehead atoms. The van der Waals surface area contributed by atoms with Crippen molar-refractivity contribution in [2.75, 3.05) is 54.6 Å². The molecule has 0 amide bonds. The number of anilines is 3. The quantitative estimate of drug-likeness (QED) is 0.449. The summed E-state index contributed by atoms with van der Waals surface area (Å²) in [7, 11) is 0. The molecule has 178 valence electrons. The lowest BCUT2D eigenvalue weighted by molar-refractivity contribution is 0.288. The highest BCUT2D eigenvalue weighted by Crippen LogP contribution is 2.28. The van der Waals surface area contributed by atoms with Crippen LogP contribution in [0.1, 0.15) is 57.9 Å². The second kappa shape index (κ2) is 11.7. The van der Waals surface area contributed by atoms with Crippen LogP contribution < -0.4 is 24.7 Å². The van der Waals surface area contributed by atoms with Crippen LogP contribution in [0.5, 0.6) is 11.5 Å². The smallest absolute Gasteiger partial charge is 0.250 e. The van der Waals surface area contributed by atoms with Crippen LogP contribution in [0, 0.1) is 0 Å². The van der Waals surface area contributed by atoms with Crippen molar-refractivity contribution < 1.29 is 9.47 Å². The highest BCUT2D eigenvalue weighted by atomic mass is 16.5. The predicted octanol–water partition coefficient (Wildman–Crippen LogP) is 4.10. The molecule has 3 heterocycles. The van der Waals surface area contributed by atoms with Crippen LogP contribution >= 0.6 is 0 Å². The van der Waals surface area contributed by atoms with Crippen LogP contribution in [-0.4, -0.2) is 60.6 Å². The van der Waals surface area contributed by atoms with Crippen LogP contribution in [0.3, 0.4) is 0 Å². The average molecular weight is 454 g/mol. The molecule has 2 saturated heterocycles. The van der Waals surface area contributed by atoms with Gasteiger partial charge >= 0.3 is 0 Å². The molecule has 0 spiro atoms. The standard InChI is InChI=1S/C24H35N7O2/c1-3-32-20-12-11-19(17-21(20)33-4-2)18-25-29-22-26-23(30-13-7-5-8-14-30)28-24(27-22)31-15-9-6-10-16-31/h11-12,17-18H,3-10,13-16H2,1-2H3,(H,26,27,28,29). The molecule has 2 aliphatic heterocycles. The first kappa shape index (κ1) is 23.1. The Kier molecular flexibility index (Phi) is 8.16. The number of ether oxygens (including phenoxy) is 2. The minimum Gasteiger partial charge on any atom is -0.490 e. The van der Waals surface area contributed by atoms with E-state index in [1.165, 1.54) is 38.5 Å². The summed E-state index contributed by atoms with van der Waals surface area (Å²) in [5, 5.41) is 4.40. The highest BCUT2D eigenvalue weighted by molar-refractivity contribution is 5.81. The fourth-order valence-electron chi connectivity index (χ4n) is 4.19. The monoisotopic (exact) mass is 453 g/mol. The van der Waals surface area contributed by atoms with Gasteiger partial charge in [0.05, 0.1) is 19.4 Å². The summed E-state index contributed by atoms with van der Waals surface area (Å²) in [6, 6.07) is 5.78. The van der Waals surface area contributed by atoms with E-state index >= 15 is 0 Å². The molecule has 9 heteroatoms. The molecular weight excluding hydrogens is 418 g/mol. The molecule has 0 aliphatic carbocycles. The van der Waals surface area contributed by atoms with E-state index in [4.69, 9.17) is 14.5 Å². The van der Waals surface area contributed by atoms with Crippen molar-refractivity contribution in [2.24, 2.45) is 5.10 Å². The zero-order valence-corrected chi connectivity index (χ0v) is 19.8. The van der Waals surface area contributed by atoms with Crippen molar-refractivity contribution in [3.05, 3.63) is 23.8 Å². The third-order valence-electron chi connectivity index (χ3n) is 5.84. The van der Waals surface area contributed by atoms with Crippen molar-refractivity contribution in [3.8, 4) is 11.5 Å². The second-order valence-electron chi connectivity index (χ2n) is 8.30. The van der Waals surface area contributed by atoms with Crippen LogP contribution in [0.4, 0.5) is 17.8 Å². The molecule has 1 N–H and O–H groups in total. The molecule has 1 aromatic carbocycles. The van der Waals surface area contributed by atoms with Gasteiger partial charge in [0, 0.05) is 26.2 Å². The maximum Gasteiger partial charge on any atom is 0.250 e. The van der Waals surface area contributed by atoms with Gasteiger partial charge in [-0.05, 0) is 76.1 Å². The maximum atomic E-state index is 5.71. The van der Waals surface area contributed by atoms with Gasteiger partial charge in [-0.1, -0.05) is 0 Å². The number of benzene rings is 1. The average Bonchev–Trinajstić information content (AvgIpc) is 2.87. The molecule has 0 saturated carbocycles. The van der Waals surface area contributed by atoms with Crippen molar-refractivity contribution in [2.45, 2.75) is 52.4 Å². The fraction of sp³-hybridized carbons (Fsp3) is 0.583. The molecule has 2 aromatic rings. The van der Waals surface area contributed by atoms with Crippen molar-refractivity contribution in [3.63, 3.8) is 0 Å². The minimum atomic E-state index is 0.471. The lowest BCUT2D eigenvalue weighted by Gasteiger charge is -2.30. The normalized spacial score (nSPS) is 16.8. The Labute approximate surface area is 196 Å². The van der Waals surface area contributed by atoms with E-state index in [-0.39, 0.29) is 0 Å². The van der Waals surface area contributed by atoms with Crippen LogP contribution in [-0.2, 0) is 0 Å². The summed E-state index contributed by atoms with van der Waals surface area (Å²) >= 11 is 0. The lowest BCUT2D eigenvalue weighted by Crippen LogP contribution is -2.34. The zero-order chi connectivity index (χ0) is 22.9. The molecule has 33 heavy (non-hydrogen) atoms. The van der Waals surface area contributed by atoms with Gasteiger partial charge in [-0.2, -0.15) is 20.1 Å². The Morgan fingerprint density at radius 3 is 1.97 bits per heavy atom. The zero-order valence-electron chi connectivity index (χ0n) is 19.8. The number of nitrogens with one attached hydrogen (secondary N) is 1. The first-order valence-electron chi connectivity index (χ1n) is 12.2. The lowest BCUT2D eigenvalue weighted by atomic mass is 10.1. The SMILES string of the molecule is CCOc1ccc(C=NNc2nc(N3CCCCC3)nc(N3CCCCC3)n2)cc1OCC. The van der Waals surface area contributed by atoms with Gasteiger partial charge in [-0.25, -0.2) is 5.43 Å². The van der Waals surface area contributed by atoms with E-state index in [0.29, 0.717) is 24.9 Å². The number of nitrogens with zero attached hydrogens (tertiary/aromatic N) is 6. The Balaban J connectivity index is 1.52. The van der Waals surface area contributed by atoms with Crippen molar-refractivity contribution in [1.82, 2.24) is 15.0 Å². The van der Waals surface area contributed by atoms with E-state index in [2.05, 4.69) is 30.3 Å². The molecule has 0 atom stereocenters. The molecular formula is C24H35N7O2. The first-order valence-corrected chi connectivity index (χ1v) is 12.2. The van der Waals surface area contributed by atoms with E-state index in [1.807, 2.05) is 32.0 Å². The van der Waals surface area contributed by atoms with Crippen molar-refractivity contribution in [1.29, 1.82) is 0 Å². The van der Waals surface area contributed by atoms with Crippen molar-refractivity contribution >= 4 is 24.1 Å². The van der Waals surface area contributed by atoms with Crippen LogP contribution in [0.25, 0.3) is 0 Å². The summed E-state index contributed by atoms with van der Waals surface area (Å²) in [6.45, 7) is 9.02. The van der Waals surface area contributed by atoms with Gasteiger partial charge in [-0.15, -0.1) is 0 Å². The van der Waals surface area contributed by atoms with Gasteiger partial charge in [0.2, 0.25) is 17.8 Å². The van der Waals surface area contributed by atoms with Gasteiger partial charge in [-0.3, -0.25) is 0 Å². The third-order valence-corrected chi connectivity index (χ3v) is 5.84. The van der Waals surface area contributed by atoms with Gasteiger partial charge in [0.15, 0.2) is 11.5 Å². The van der Waals surface area contributed by atoms with Crippen LogP contribution in [0.2, 0.25) is 0 Å². The van der Waals surface area contributed by atoms with Crippen LogP contribution in [0.15, 0.2) is 23.3 Å². The summed E-state index contributed by atoms with van der Waals surface area (Å²) in [5.74, 6) is 3.39. The Morgan fingerprint density at radius 2 is 1.39 bits per heavy atom. The molecule has 9 nitrogen and oxygen atoms in total. The Hall–Kier alpha value is -3.10. The third kappa shape index (κ3) is 6.24. The number of hydrogen-bond acceptors (Lipinski definition) is 9. The number of rotatable bonds is 9. The molecule has 2 aliphatic rings. The van der Waals surface area contributed by atoms with E-state index in [9.17, 15) is 0 Å². The van der Waals surface area contributed by atoms with Gasteiger partial charge in [0.1, 0.15) is 0 Å². The Morgan fingerprint density at radius 1 is 0.818 bits per heavy atom. The topological polar surface area (TPSA) is 88.0 Å². The predicted molar refractivity (Wildman–Crippen MR) is 132 cm³/mol. The summed E-state index contributed by atoms with van der Waals surface area (Å²) < 4.78 is 11.3. The fourth-order valence-corrected chi connectivity index (χ4v) is 4.19.